The van der Waals surface area contributed by atoms with Crippen molar-refractivity contribution < 1.29 is 13.5 Å². The first-order valence-corrected chi connectivity index (χ1v) is 5.86. The Morgan fingerprint density at radius 3 is 2.50 bits per heavy atom. The molecular formula is C9H13NO3S. The van der Waals surface area contributed by atoms with Crippen molar-refractivity contribution in [2.75, 3.05) is 11.5 Å². The van der Waals surface area contributed by atoms with Crippen LogP contribution in [0.4, 0.5) is 5.69 Å². The summed E-state index contributed by atoms with van der Waals surface area (Å²) < 4.78 is 23.2. The van der Waals surface area contributed by atoms with Crippen LogP contribution in [0.1, 0.15) is 12.5 Å². The lowest BCUT2D eigenvalue weighted by Crippen LogP contribution is -2.07. The normalized spacial score (nSPS) is 11.6. The number of nitrogen functional groups attached to an aromatic ring is 1. The summed E-state index contributed by atoms with van der Waals surface area (Å²) in [5.74, 6) is -0.392. The monoisotopic (exact) mass is 215 g/mol. The molecule has 0 atom stereocenters. The minimum atomic E-state index is -3.41. The summed E-state index contributed by atoms with van der Waals surface area (Å²) >= 11 is 0. The molecule has 0 unspecified atom stereocenters. The Kier molecular flexibility index (Phi) is 2.71. The predicted molar refractivity (Wildman–Crippen MR) is 55.0 cm³/mol. The number of phenolic OH excluding ortho intramolecular Hbond substituents is 1. The molecule has 78 valence electrons. The van der Waals surface area contributed by atoms with Crippen molar-refractivity contribution in [3.63, 3.8) is 0 Å². The van der Waals surface area contributed by atoms with Gasteiger partial charge in [-0.2, -0.15) is 0 Å². The van der Waals surface area contributed by atoms with Crippen molar-refractivity contribution in [1.29, 1.82) is 0 Å². The Morgan fingerprint density at radius 2 is 2.00 bits per heavy atom. The highest BCUT2D eigenvalue weighted by molar-refractivity contribution is 7.91. The lowest BCUT2D eigenvalue weighted by atomic mass is 10.2. The van der Waals surface area contributed by atoms with Gasteiger partial charge in [-0.3, -0.25) is 0 Å². The summed E-state index contributed by atoms with van der Waals surface area (Å²) in [5, 5.41) is 9.54. The summed E-state index contributed by atoms with van der Waals surface area (Å²) in [4.78, 5) is -0.0556. The van der Waals surface area contributed by atoms with Gasteiger partial charge >= 0.3 is 0 Å². The van der Waals surface area contributed by atoms with Crippen molar-refractivity contribution in [2.45, 2.75) is 18.7 Å². The molecule has 0 aromatic heterocycles. The number of benzene rings is 1. The molecule has 3 N–H and O–H groups in total. The Hall–Kier alpha value is -1.23. The Morgan fingerprint density at radius 1 is 1.43 bits per heavy atom. The number of aromatic hydroxyl groups is 1. The van der Waals surface area contributed by atoms with Crippen molar-refractivity contribution in [2.24, 2.45) is 0 Å². The van der Waals surface area contributed by atoms with Crippen LogP contribution in [0.15, 0.2) is 17.0 Å². The van der Waals surface area contributed by atoms with Crippen molar-refractivity contribution in [3.05, 3.63) is 17.7 Å². The maximum Gasteiger partial charge on any atom is 0.182 e. The highest BCUT2D eigenvalue weighted by atomic mass is 32.2. The standard InChI is InChI=1S/C9H13NO3S/c1-3-14(12,13)9-6(2)4-5-7(10)8(9)11/h4-5,11H,3,10H2,1-2H3. The summed E-state index contributed by atoms with van der Waals surface area (Å²) in [7, 11) is -3.41. The molecule has 0 aliphatic heterocycles. The van der Waals surface area contributed by atoms with E-state index in [0.717, 1.165) is 0 Å². The number of hydrogen-bond acceptors (Lipinski definition) is 4. The molecule has 0 bridgehead atoms. The maximum atomic E-state index is 11.6. The lowest BCUT2D eigenvalue weighted by Gasteiger charge is -2.09. The second-order valence-corrected chi connectivity index (χ2v) is 5.27. The van der Waals surface area contributed by atoms with Gasteiger partial charge in [-0.1, -0.05) is 13.0 Å². The second kappa shape index (κ2) is 3.49. The SMILES string of the molecule is CCS(=O)(=O)c1c(C)ccc(N)c1O. The van der Waals surface area contributed by atoms with Gasteiger partial charge in [-0.25, -0.2) is 8.42 Å². The van der Waals surface area contributed by atoms with Gasteiger partial charge in [0.1, 0.15) is 4.90 Å². The molecule has 14 heavy (non-hydrogen) atoms. The minimum absolute atomic E-state index is 0.0507. The van der Waals surface area contributed by atoms with E-state index in [1.54, 1.807) is 13.0 Å². The van der Waals surface area contributed by atoms with Gasteiger partial charge in [0, 0.05) is 0 Å². The molecule has 0 radical (unpaired) electrons. The van der Waals surface area contributed by atoms with Crippen LogP contribution in [-0.4, -0.2) is 19.3 Å². The molecule has 0 saturated carbocycles. The third kappa shape index (κ3) is 1.68. The molecule has 0 aliphatic carbocycles. The zero-order valence-corrected chi connectivity index (χ0v) is 8.93. The topological polar surface area (TPSA) is 80.4 Å². The molecule has 0 amide bonds. The third-order valence-corrected chi connectivity index (χ3v) is 3.95. The molecule has 0 heterocycles. The van der Waals surface area contributed by atoms with Gasteiger partial charge in [0.05, 0.1) is 11.4 Å². The Labute approximate surface area is 83.3 Å². The van der Waals surface area contributed by atoms with Crippen LogP contribution in [0.3, 0.4) is 0 Å². The van der Waals surface area contributed by atoms with E-state index < -0.39 is 9.84 Å². The van der Waals surface area contributed by atoms with E-state index in [9.17, 15) is 13.5 Å². The molecule has 1 aromatic rings. The highest BCUT2D eigenvalue weighted by Gasteiger charge is 2.20. The van der Waals surface area contributed by atoms with Gasteiger partial charge in [0.25, 0.3) is 0 Å². The van der Waals surface area contributed by atoms with Gasteiger partial charge in [-0.15, -0.1) is 0 Å². The van der Waals surface area contributed by atoms with Crippen LogP contribution in [0.5, 0.6) is 5.75 Å². The summed E-state index contributed by atoms with van der Waals surface area (Å²) in [6.07, 6.45) is 0. The molecule has 5 heteroatoms. The van der Waals surface area contributed by atoms with Crippen LogP contribution in [0.25, 0.3) is 0 Å². The van der Waals surface area contributed by atoms with Gasteiger partial charge < -0.3 is 10.8 Å². The van der Waals surface area contributed by atoms with Crippen molar-refractivity contribution in [3.8, 4) is 5.75 Å². The van der Waals surface area contributed by atoms with Crippen LogP contribution in [-0.2, 0) is 9.84 Å². The number of sulfone groups is 1. The molecule has 4 nitrogen and oxygen atoms in total. The highest BCUT2D eigenvalue weighted by Crippen LogP contribution is 2.32. The number of aryl methyl sites for hydroxylation is 1. The summed E-state index contributed by atoms with van der Waals surface area (Å²) in [5.41, 5.74) is 6.02. The number of nitrogens with two attached hydrogens (primary N) is 1. The minimum Gasteiger partial charge on any atom is -0.504 e. The number of anilines is 1. The zero-order valence-electron chi connectivity index (χ0n) is 8.11. The quantitative estimate of drug-likeness (QED) is 0.571. The molecule has 0 aliphatic rings. The van der Waals surface area contributed by atoms with E-state index in [-0.39, 0.29) is 22.1 Å². The third-order valence-electron chi connectivity index (χ3n) is 2.05. The molecule has 0 spiro atoms. The second-order valence-electron chi connectivity index (χ2n) is 3.05. The zero-order chi connectivity index (χ0) is 10.9. The average Bonchev–Trinajstić information content (AvgIpc) is 2.12. The van der Waals surface area contributed by atoms with Crippen LogP contribution in [0.2, 0.25) is 0 Å². The van der Waals surface area contributed by atoms with E-state index in [0.29, 0.717) is 5.56 Å². The van der Waals surface area contributed by atoms with E-state index in [1.165, 1.54) is 13.0 Å². The summed E-state index contributed by atoms with van der Waals surface area (Å²) in [6.45, 7) is 3.15. The lowest BCUT2D eigenvalue weighted by molar-refractivity contribution is 0.460. The molecule has 1 aromatic carbocycles. The largest absolute Gasteiger partial charge is 0.504 e. The van der Waals surface area contributed by atoms with E-state index in [4.69, 9.17) is 5.73 Å². The smallest absolute Gasteiger partial charge is 0.182 e. The van der Waals surface area contributed by atoms with E-state index in [2.05, 4.69) is 0 Å². The Balaban J connectivity index is 3.56. The van der Waals surface area contributed by atoms with E-state index >= 15 is 0 Å². The van der Waals surface area contributed by atoms with Crippen LogP contribution >= 0.6 is 0 Å². The number of rotatable bonds is 2. The van der Waals surface area contributed by atoms with Crippen LogP contribution in [0, 0.1) is 6.92 Å². The molecule has 1 rings (SSSR count). The average molecular weight is 215 g/mol. The first kappa shape index (κ1) is 10.8. The van der Waals surface area contributed by atoms with Gasteiger partial charge in [0.15, 0.2) is 15.6 Å². The van der Waals surface area contributed by atoms with Crippen molar-refractivity contribution in [1.82, 2.24) is 0 Å². The fourth-order valence-corrected chi connectivity index (χ4v) is 2.48. The number of phenols is 1. The Bertz CT molecular complexity index is 451. The van der Waals surface area contributed by atoms with Gasteiger partial charge in [-0.05, 0) is 18.6 Å². The fraction of sp³-hybridized carbons (Fsp3) is 0.333. The van der Waals surface area contributed by atoms with E-state index in [1.807, 2.05) is 0 Å². The maximum absolute atomic E-state index is 11.6. The van der Waals surface area contributed by atoms with Crippen molar-refractivity contribution >= 4 is 15.5 Å². The first-order valence-electron chi connectivity index (χ1n) is 4.21. The number of hydrogen-bond donors (Lipinski definition) is 2. The fourth-order valence-electron chi connectivity index (χ4n) is 1.22. The molecule has 0 saturated heterocycles. The first-order chi connectivity index (χ1) is 6.40. The molecular weight excluding hydrogens is 202 g/mol. The summed E-state index contributed by atoms with van der Waals surface area (Å²) in [6, 6.07) is 3.07. The molecule has 0 fully saturated rings. The van der Waals surface area contributed by atoms with Crippen LogP contribution < -0.4 is 5.73 Å². The predicted octanol–water partition coefficient (Wildman–Crippen LogP) is 1.08. The van der Waals surface area contributed by atoms with Gasteiger partial charge in [0.2, 0.25) is 0 Å².